The van der Waals surface area contributed by atoms with Crippen LogP contribution in [0.4, 0.5) is 0 Å². The SMILES string of the molecule is CCc1cccc2c1C(C)CCC(N)C2=O. The molecule has 0 heterocycles. The highest BCUT2D eigenvalue weighted by molar-refractivity contribution is 6.02. The number of nitrogens with two attached hydrogens (primary N) is 1. The Morgan fingerprint density at radius 3 is 2.81 bits per heavy atom. The molecule has 2 unspecified atom stereocenters. The second-order valence-corrected chi connectivity index (χ2v) is 4.68. The van der Waals surface area contributed by atoms with Gasteiger partial charge in [0.15, 0.2) is 5.78 Å². The van der Waals surface area contributed by atoms with E-state index in [1.807, 2.05) is 12.1 Å². The van der Waals surface area contributed by atoms with Gasteiger partial charge in [-0.25, -0.2) is 0 Å². The lowest BCUT2D eigenvalue weighted by atomic mass is 9.88. The molecule has 0 fully saturated rings. The molecular weight excluding hydrogens is 198 g/mol. The van der Waals surface area contributed by atoms with Crippen molar-refractivity contribution in [2.45, 2.75) is 45.1 Å². The summed E-state index contributed by atoms with van der Waals surface area (Å²) in [4.78, 5) is 12.1. The van der Waals surface area contributed by atoms with Crippen molar-refractivity contribution >= 4 is 5.78 Å². The molecule has 0 bridgehead atoms. The monoisotopic (exact) mass is 217 g/mol. The lowest BCUT2D eigenvalue weighted by Crippen LogP contribution is -2.29. The van der Waals surface area contributed by atoms with Crippen LogP contribution < -0.4 is 5.73 Å². The molecule has 0 aliphatic heterocycles. The minimum Gasteiger partial charge on any atom is -0.321 e. The van der Waals surface area contributed by atoms with Crippen LogP contribution in [-0.4, -0.2) is 11.8 Å². The molecule has 1 aromatic rings. The molecule has 2 heteroatoms. The van der Waals surface area contributed by atoms with Crippen molar-refractivity contribution in [3.63, 3.8) is 0 Å². The number of hydrogen-bond donors (Lipinski definition) is 1. The molecule has 0 aromatic heterocycles. The van der Waals surface area contributed by atoms with E-state index in [2.05, 4.69) is 19.9 Å². The zero-order valence-corrected chi connectivity index (χ0v) is 9.99. The second kappa shape index (κ2) is 4.38. The van der Waals surface area contributed by atoms with Crippen LogP contribution in [0.1, 0.15) is 54.1 Å². The van der Waals surface area contributed by atoms with Crippen LogP contribution in [0.5, 0.6) is 0 Å². The largest absolute Gasteiger partial charge is 0.321 e. The van der Waals surface area contributed by atoms with Crippen molar-refractivity contribution in [1.82, 2.24) is 0 Å². The maximum Gasteiger partial charge on any atom is 0.179 e. The molecule has 16 heavy (non-hydrogen) atoms. The van der Waals surface area contributed by atoms with Gasteiger partial charge in [0.25, 0.3) is 0 Å². The zero-order chi connectivity index (χ0) is 11.7. The van der Waals surface area contributed by atoms with Crippen molar-refractivity contribution in [3.05, 3.63) is 34.9 Å². The summed E-state index contributed by atoms with van der Waals surface area (Å²) in [6, 6.07) is 5.72. The zero-order valence-electron chi connectivity index (χ0n) is 9.99. The fourth-order valence-electron chi connectivity index (χ4n) is 2.62. The summed E-state index contributed by atoms with van der Waals surface area (Å²) in [6.45, 7) is 4.33. The molecule has 2 rings (SSSR count). The first-order chi connectivity index (χ1) is 7.65. The molecule has 1 aliphatic carbocycles. The van der Waals surface area contributed by atoms with E-state index in [1.54, 1.807) is 0 Å². The molecule has 0 spiro atoms. The molecule has 86 valence electrons. The predicted molar refractivity (Wildman–Crippen MR) is 65.8 cm³/mol. The maximum atomic E-state index is 12.1. The van der Waals surface area contributed by atoms with Gasteiger partial charge in [-0.15, -0.1) is 0 Å². The van der Waals surface area contributed by atoms with Gasteiger partial charge in [0, 0.05) is 5.56 Å². The average molecular weight is 217 g/mol. The van der Waals surface area contributed by atoms with E-state index in [4.69, 9.17) is 5.73 Å². The molecule has 0 saturated carbocycles. The third-order valence-corrected chi connectivity index (χ3v) is 3.58. The highest BCUT2D eigenvalue weighted by atomic mass is 16.1. The molecular formula is C14H19NO. The highest BCUT2D eigenvalue weighted by Crippen LogP contribution is 2.32. The van der Waals surface area contributed by atoms with Gasteiger partial charge in [-0.05, 0) is 36.3 Å². The van der Waals surface area contributed by atoms with Crippen LogP contribution in [0.2, 0.25) is 0 Å². The Bertz CT molecular complexity index is 411. The minimum atomic E-state index is -0.309. The first-order valence-electron chi connectivity index (χ1n) is 6.06. The molecule has 2 nitrogen and oxygen atoms in total. The Kier molecular flexibility index (Phi) is 3.10. The fourth-order valence-corrected chi connectivity index (χ4v) is 2.62. The fraction of sp³-hybridized carbons (Fsp3) is 0.500. The van der Waals surface area contributed by atoms with Gasteiger partial charge in [0.2, 0.25) is 0 Å². The predicted octanol–water partition coefficient (Wildman–Crippen LogP) is 2.66. The highest BCUT2D eigenvalue weighted by Gasteiger charge is 2.27. The van der Waals surface area contributed by atoms with E-state index in [9.17, 15) is 4.79 Å². The van der Waals surface area contributed by atoms with E-state index in [0.717, 1.165) is 24.8 Å². The Labute approximate surface area is 96.8 Å². The van der Waals surface area contributed by atoms with Gasteiger partial charge in [-0.1, -0.05) is 32.0 Å². The molecule has 2 N–H and O–H groups in total. The summed E-state index contributed by atoms with van der Waals surface area (Å²) < 4.78 is 0. The number of carbonyl (C=O) groups excluding carboxylic acids is 1. The summed E-state index contributed by atoms with van der Waals surface area (Å²) in [5.41, 5.74) is 9.29. The number of rotatable bonds is 1. The number of hydrogen-bond acceptors (Lipinski definition) is 2. The van der Waals surface area contributed by atoms with E-state index in [1.165, 1.54) is 11.1 Å². The van der Waals surface area contributed by atoms with Gasteiger partial charge in [0.05, 0.1) is 6.04 Å². The third kappa shape index (κ3) is 1.78. The summed E-state index contributed by atoms with van der Waals surface area (Å²) in [5, 5.41) is 0. The third-order valence-electron chi connectivity index (χ3n) is 3.58. The molecule has 0 amide bonds. The molecule has 1 aliphatic rings. The maximum absolute atomic E-state index is 12.1. The van der Waals surface area contributed by atoms with Gasteiger partial charge < -0.3 is 5.73 Å². The number of fused-ring (bicyclic) bond motifs is 1. The van der Waals surface area contributed by atoms with Crippen molar-refractivity contribution in [2.24, 2.45) is 5.73 Å². The van der Waals surface area contributed by atoms with Gasteiger partial charge in [-0.2, -0.15) is 0 Å². The lowest BCUT2D eigenvalue weighted by Gasteiger charge is -2.16. The summed E-state index contributed by atoms with van der Waals surface area (Å²) >= 11 is 0. The molecule has 2 atom stereocenters. The Morgan fingerprint density at radius 1 is 1.38 bits per heavy atom. The van der Waals surface area contributed by atoms with Gasteiger partial charge >= 0.3 is 0 Å². The van der Waals surface area contributed by atoms with Gasteiger partial charge in [0.1, 0.15) is 0 Å². The Balaban J connectivity index is 2.59. The van der Waals surface area contributed by atoms with E-state index in [-0.39, 0.29) is 11.8 Å². The molecule has 1 aromatic carbocycles. The Hall–Kier alpha value is -1.15. The number of Topliss-reactive ketones (excluding diaryl/α,β-unsaturated/α-hetero) is 1. The van der Waals surface area contributed by atoms with Gasteiger partial charge in [-0.3, -0.25) is 4.79 Å². The Morgan fingerprint density at radius 2 is 2.12 bits per heavy atom. The first-order valence-corrected chi connectivity index (χ1v) is 6.06. The van der Waals surface area contributed by atoms with E-state index < -0.39 is 0 Å². The number of benzene rings is 1. The quantitative estimate of drug-likeness (QED) is 0.735. The smallest absolute Gasteiger partial charge is 0.179 e. The normalized spacial score (nSPS) is 25.1. The number of carbonyl (C=O) groups is 1. The molecule has 0 saturated heterocycles. The van der Waals surface area contributed by atoms with Crippen LogP contribution in [0, 0.1) is 0 Å². The second-order valence-electron chi connectivity index (χ2n) is 4.68. The average Bonchev–Trinajstić information content (AvgIpc) is 2.42. The van der Waals surface area contributed by atoms with E-state index in [0.29, 0.717) is 5.92 Å². The summed E-state index contributed by atoms with van der Waals surface area (Å²) in [6.07, 6.45) is 2.80. The number of aryl methyl sites for hydroxylation is 1. The topological polar surface area (TPSA) is 43.1 Å². The van der Waals surface area contributed by atoms with Crippen LogP contribution in [0.25, 0.3) is 0 Å². The summed E-state index contributed by atoms with van der Waals surface area (Å²) in [7, 11) is 0. The van der Waals surface area contributed by atoms with Crippen molar-refractivity contribution in [1.29, 1.82) is 0 Å². The number of ketones is 1. The van der Waals surface area contributed by atoms with Crippen LogP contribution in [0.3, 0.4) is 0 Å². The lowest BCUT2D eigenvalue weighted by molar-refractivity contribution is 0.0959. The molecule has 0 radical (unpaired) electrons. The first kappa shape index (κ1) is 11.3. The van der Waals surface area contributed by atoms with Crippen molar-refractivity contribution in [3.8, 4) is 0 Å². The minimum absolute atomic E-state index is 0.120. The standard InChI is InChI=1S/C14H19NO/c1-3-10-5-4-6-11-13(10)9(2)7-8-12(15)14(11)16/h4-6,9,12H,3,7-8,15H2,1-2H3. The summed E-state index contributed by atoms with van der Waals surface area (Å²) in [5.74, 6) is 0.568. The van der Waals surface area contributed by atoms with Crippen LogP contribution >= 0.6 is 0 Å². The van der Waals surface area contributed by atoms with Crippen molar-refractivity contribution < 1.29 is 4.79 Å². The van der Waals surface area contributed by atoms with Crippen LogP contribution in [-0.2, 0) is 6.42 Å². The van der Waals surface area contributed by atoms with Crippen molar-refractivity contribution in [2.75, 3.05) is 0 Å². The van der Waals surface area contributed by atoms with Crippen LogP contribution in [0.15, 0.2) is 18.2 Å². The van der Waals surface area contributed by atoms with E-state index >= 15 is 0 Å².